The zero-order chi connectivity index (χ0) is 13.4. The average molecular weight is 275 g/mol. The molecule has 0 bridgehead atoms. The Hall–Kier alpha value is -1.62. The summed E-state index contributed by atoms with van der Waals surface area (Å²) in [5.41, 5.74) is 2.33. The SMILES string of the molecule is CC(=O)N1CCN(c2nc3c(C)cccc3s2)CC1. The Labute approximate surface area is 116 Å². The van der Waals surface area contributed by atoms with Crippen molar-refractivity contribution in [2.24, 2.45) is 0 Å². The van der Waals surface area contributed by atoms with Crippen LogP contribution in [0.3, 0.4) is 0 Å². The largest absolute Gasteiger partial charge is 0.345 e. The van der Waals surface area contributed by atoms with Crippen molar-refractivity contribution in [3.8, 4) is 0 Å². The molecule has 1 fully saturated rings. The third-order valence-corrected chi connectivity index (χ3v) is 4.69. The number of benzene rings is 1. The predicted molar refractivity (Wildman–Crippen MR) is 78.8 cm³/mol. The van der Waals surface area contributed by atoms with Crippen LogP contribution in [0, 0.1) is 6.92 Å². The van der Waals surface area contributed by atoms with Gasteiger partial charge in [-0.1, -0.05) is 23.5 Å². The van der Waals surface area contributed by atoms with Gasteiger partial charge in [0, 0.05) is 33.1 Å². The summed E-state index contributed by atoms with van der Waals surface area (Å²) >= 11 is 1.74. The van der Waals surface area contributed by atoms with Crippen LogP contribution in [0.15, 0.2) is 18.2 Å². The van der Waals surface area contributed by atoms with Crippen molar-refractivity contribution in [1.29, 1.82) is 0 Å². The fraction of sp³-hybridized carbons (Fsp3) is 0.429. The molecule has 0 N–H and O–H groups in total. The van der Waals surface area contributed by atoms with Crippen LogP contribution in [0.1, 0.15) is 12.5 Å². The second kappa shape index (κ2) is 4.81. The van der Waals surface area contributed by atoms with Crippen molar-refractivity contribution in [2.45, 2.75) is 13.8 Å². The van der Waals surface area contributed by atoms with Crippen molar-refractivity contribution in [3.05, 3.63) is 23.8 Å². The number of anilines is 1. The quantitative estimate of drug-likeness (QED) is 0.801. The Bertz CT molecular complexity index is 614. The van der Waals surface area contributed by atoms with E-state index in [0.29, 0.717) is 0 Å². The number of amides is 1. The minimum atomic E-state index is 0.166. The molecule has 0 aliphatic carbocycles. The molecule has 1 aliphatic heterocycles. The lowest BCUT2D eigenvalue weighted by Crippen LogP contribution is -2.48. The van der Waals surface area contributed by atoms with Crippen LogP contribution in [0.25, 0.3) is 10.2 Å². The summed E-state index contributed by atoms with van der Waals surface area (Å²) < 4.78 is 1.24. The molecule has 1 aliphatic rings. The summed E-state index contributed by atoms with van der Waals surface area (Å²) in [6.07, 6.45) is 0. The van der Waals surface area contributed by atoms with Gasteiger partial charge in [-0.2, -0.15) is 0 Å². The summed E-state index contributed by atoms with van der Waals surface area (Å²) in [7, 11) is 0. The lowest BCUT2D eigenvalue weighted by atomic mass is 10.2. The third kappa shape index (κ3) is 2.30. The fourth-order valence-corrected chi connectivity index (χ4v) is 3.52. The second-order valence-corrected chi connectivity index (χ2v) is 5.92. The van der Waals surface area contributed by atoms with Crippen molar-refractivity contribution >= 4 is 32.6 Å². The van der Waals surface area contributed by atoms with Crippen molar-refractivity contribution in [2.75, 3.05) is 31.1 Å². The van der Waals surface area contributed by atoms with E-state index in [9.17, 15) is 4.79 Å². The van der Waals surface area contributed by atoms with E-state index in [0.717, 1.165) is 36.8 Å². The number of nitrogens with zero attached hydrogens (tertiary/aromatic N) is 3. The number of aromatic nitrogens is 1. The van der Waals surface area contributed by atoms with E-state index < -0.39 is 0 Å². The Balaban J connectivity index is 1.82. The Morgan fingerprint density at radius 2 is 2.00 bits per heavy atom. The van der Waals surface area contributed by atoms with Gasteiger partial charge in [-0.15, -0.1) is 0 Å². The summed E-state index contributed by atoms with van der Waals surface area (Å²) in [4.78, 5) is 20.2. The third-order valence-electron chi connectivity index (χ3n) is 3.60. The number of hydrogen-bond donors (Lipinski definition) is 0. The van der Waals surface area contributed by atoms with Gasteiger partial charge in [0.25, 0.3) is 0 Å². The van der Waals surface area contributed by atoms with Crippen molar-refractivity contribution in [1.82, 2.24) is 9.88 Å². The molecule has 4 nitrogen and oxygen atoms in total. The zero-order valence-electron chi connectivity index (χ0n) is 11.2. The maximum atomic E-state index is 11.3. The maximum absolute atomic E-state index is 11.3. The van der Waals surface area contributed by atoms with Gasteiger partial charge in [-0.3, -0.25) is 4.79 Å². The first-order valence-corrected chi connectivity index (χ1v) is 7.33. The first kappa shape index (κ1) is 12.4. The highest BCUT2D eigenvalue weighted by Gasteiger charge is 2.21. The van der Waals surface area contributed by atoms with E-state index in [4.69, 9.17) is 4.98 Å². The van der Waals surface area contributed by atoms with Gasteiger partial charge >= 0.3 is 0 Å². The summed E-state index contributed by atoms with van der Waals surface area (Å²) in [5, 5.41) is 1.08. The second-order valence-electron chi connectivity index (χ2n) is 4.91. The Kier molecular flexibility index (Phi) is 3.14. The molecule has 2 aromatic rings. The number of piperazine rings is 1. The lowest BCUT2D eigenvalue weighted by Gasteiger charge is -2.33. The van der Waals surface area contributed by atoms with Crippen LogP contribution in [-0.2, 0) is 4.79 Å². The minimum Gasteiger partial charge on any atom is -0.345 e. The molecule has 0 saturated carbocycles. The summed E-state index contributed by atoms with van der Waals surface area (Å²) in [6.45, 7) is 7.07. The smallest absolute Gasteiger partial charge is 0.219 e. The van der Waals surface area contributed by atoms with Gasteiger partial charge in [0.05, 0.1) is 10.2 Å². The van der Waals surface area contributed by atoms with E-state index >= 15 is 0 Å². The minimum absolute atomic E-state index is 0.166. The molecule has 0 atom stereocenters. The number of aryl methyl sites for hydroxylation is 1. The fourth-order valence-electron chi connectivity index (χ4n) is 2.42. The van der Waals surface area contributed by atoms with Crippen LogP contribution < -0.4 is 4.90 Å². The Morgan fingerprint density at radius 3 is 2.63 bits per heavy atom. The zero-order valence-corrected chi connectivity index (χ0v) is 12.0. The van der Waals surface area contributed by atoms with Gasteiger partial charge in [0.15, 0.2) is 5.13 Å². The average Bonchev–Trinajstić information content (AvgIpc) is 2.84. The maximum Gasteiger partial charge on any atom is 0.219 e. The first-order chi connectivity index (χ1) is 9.15. The topological polar surface area (TPSA) is 36.4 Å². The Morgan fingerprint density at radius 1 is 1.26 bits per heavy atom. The van der Waals surface area contributed by atoms with Crippen LogP contribution in [-0.4, -0.2) is 42.0 Å². The monoisotopic (exact) mass is 275 g/mol. The van der Waals surface area contributed by atoms with Crippen LogP contribution in [0.2, 0.25) is 0 Å². The van der Waals surface area contributed by atoms with Crippen LogP contribution >= 0.6 is 11.3 Å². The molecule has 5 heteroatoms. The van der Waals surface area contributed by atoms with Crippen LogP contribution in [0.5, 0.6) is 0 Å². The molecule has 3 rings (SSSR count). The number of thiazole rings is 1. The molecule has 1 aromatic heterocycles. The highest BCUT2D eigenvalue weighted by atomic mass is 32.1. The molecule has 2 heterocycles. The van der Waals surface area contributed by atoms with E-state index in [1.165, 1.54) is 10.3 Å². The summed E-state index contributed by atoms with van der Waals surface area (Å²) in [6, 6.07) is 6.29. The highest BCUT2D eigenvalue weighted by Crippen LogP contribution is 2.30. The molecular weight excluding hydrogens is 258 g/mol. The molecule has 1 saturated heterocycles. The molecule has 0 spiro atoms. The van der Waals surface area contributed by atoms with E-state index in [1.54, 1.807) is 18.3 Å². The lowest BCUT2D eigenvalue weighted by molar-refractivity contribution is -0.129. The van der Waals surface area contributed by atoms with Crippen molar-refractivity contribution in [3.63, 3.8) is 0 Å². The van der Waals surface area contributed by atoms with Crippen LogP contribution in [0.4, 0.5) is 5.13 Å². The molecule has 1 amide bonds. The number of fused-ring (bicyclic) bond motifs is 1. The molecule has 19 heavy (non-hydrogen) atoms. The number of carbonyl (C=O) groups is 1. The van der Waals surface area contributed by atoms with E-state index in [1.807, 2.05) is 4.90 Å². The van der Waals surface area contributed by atoms with Gasteiger partial charge in [0.1, 0.15) is 0 Å². The number of rotatable bonds is 1. The van der Waals surface area contributed by atoms with Gasteiger partial charge in [-0.05, 0) is 18.6 Å². The van der Waals surface area contributed by atoms with Gasteiger partial charge < -0.3 is 9.80 Å². The highest BCUT2D eigenvalue weighted by molar-refractivity contribution is 7.22. The normalized spacial score (nSPS) is 16.1. The number of hydrogen-bond acceptors (Lipinski definition) is 4. The molecule has 100 valence electrons. The molecule has 1 aromatic carbocycles. The first-order valence-electron chi connectivity index (χ1n) is 6.52. The summed E-state index contributed by atoms with van der Waals surface area (Å²) in [5.74, 6) is 0.166. The number of carbonyl (C=O) groups excluding carboxylic acids is 1. The molecule has 0 radical (unpaired) electrons. The van der Waals surface area contributed by atoms with Gasteiger partial charge in [0.2, 0.25) is 5.91 Å². The molecular formula is C14H17N3OS. The molecule has 0 unspecified atom stereocenters. The van der Waals surface area contributed by atoms with E-state index in [-0.39, 0.29) is 5.91 Å². The van der Waals surface area contributed by atoms with Crippen molar-refractivity contribution < 1.29 is 4.79 Å². The standard InChI is InChI=1S/C14H17N3OS/c1-10-4-3-5-12-13(10)15-14(19-12)17-8-6-16(7-9-17)11(2)18/h3-5H,6-9H2,1-2H3. The predicted octanol–water partition coefficient (Wildman–Crippen LogP) is 2.27. The van der Waals surface area contributed by atoms with E-state index in [2.05, 4.69) is 30.0 Å². The number of para-hydroxylation sites is 1. The van der Waals surface area contributed by atoms with Gasteiger partial charge in [-0.25, -0.2) is 4.98 Å².